The molecule has 27 heavy (non-hydrogen) atoms. The topological polar surface area (TPSA) is 41.8 Å². The molecule has 0 aromatic heterocycles. The molecule has 3 nitrogen and oxygen atoms in total. The van der Waals surface area contributed by atoms with Crippen LogP contribution in [0.2, 0.25) is 0 Å². The summed E-state index contributed by atoms with van der Waals surface area (Å²) < 4.78 is 54.7. The molecule has 0 saturated heterocycles. The number of phenols is 1. The third-order valence-electron chi connectivity index (χ3n) is 3.88. The predicted molar refractivity (Wildman–Crippen MR) is 95.8 cm³/mol. The highest BCUT2D eigenvalue weighted by atomic mass is 19.3. The van der Waals surface area contributed by atoms with E-state index in [-0.39, 0.29) is 11.5 Å². The smallest absolute Gasteiger partial charge is 0.340 e. The Morgan fingerprint density at radius 3 is 2.41 bits per heavy atom. The van der Waals surface area contributed by atoms with Crippen molar-refractivity contribution in [3.05, 3.63) is 66.2 Å². The number of hydrogen-bond donors (Lipinski definition) is 1. The number of rotatable bonds is 6. The van der Waals surface area contributed by atoms with E-state index < -0.39 is 19.0 Å². The molecule has 140 valence electrons. The molecule has 0 fully saturated rings. The Hall–Kier alpha value is -3.09. The molecule has 7 heteroatoms. The lowest BCUT2D eigenvalue weighted by atomic mass is 10.0. The number of ether oxygens (including phenoxy) is 1. The molecule has 3 rings (SSSR count). The van der Waals surface area contributed by atoms with Crippen molar-refractivity contribution in [2.45, 2.75) is 12.3 Å². The van der Waals surface area contributed by atoms with Gasteiger partial charge in [0.05, 0.1) is 5.69 Å². The van der Waals surface area contributed by atoms with Crippen molar-refractivity contribution in [3.8, 4) is 11.5 Å². The fourth-order valence-electron chi connectivity index (χ4n) is 2.43. The molecule has 3 aromatic rings. The van der Waals surface area contributed by atoms with Gasteiger partial charge in [0.1, 0.15) is 11.5 Å². The van der Waals surface area contributed by atoms with Gasteiger partial charge in [0.15, 0.2) is 6.61 Å². The molecule has 0 unspecified atom stereocenters. The average Bonchev–Trinajstić information content (AvgIpc) is 2.66. The molecule has 0 atom stereocenters. The number of aromatic hydroxyl groups is 1. The molecule has 0 aliphatic carbocycles. The van der Waals surface area contributed by atoms with Crippen LogP contribution in [-0.2, 0) is 0 Å². The van der Waals surface area contributed by atoms with Crippen LogP contribution in [0.5, 0.6) is 11.5 Å². The molecule has 0 aliphatic heterocycles. The molecule has 0 radical (unpaired) electrons. The van der Waals surface area contributed by atoms with Crippen LogP contribution in [0.1, 0.15) is 5.56 Å². The van der Waals surface area contributed by atoms with Crippen LogP contribution in [0.15, 0.2) is 65.7 Å². The van der Waals surface area contributed by atoms with E-state index in [4.69, 9.17) is 4.74 Å². The van der Waals surface area contributed by atoms with Crippen LogP contribution >= 0.6 is 0 Å². The standard InChI is InChI=1S/C20H15F4NO2/c21-19(22)20(23,24)12-27-15-8-6-14(7-9-15)25-11-17-16-4-2-1-3-13(16)5-10-18(17)26/h1-11,19,26H,12H2. The van der Waals surface area contributed by atoms with Crippen molar-refractivity contribution in [1.29, 1.82) is 0 Å². The highest BCUT2D eigenvalue weighted by Crippen LogP contribution is 2.27. The fourth-order valence-corrected chi connectivity index (χ4v) is 2.43. The van der Waals surface area contributed by atoms with E-state index in [9.17, 15) is 22.7 Å². The Labute approximate surface area is 152 Å². The van der Waals surface area contributed by atoms with Gasteiger partial charge < -0.3 is 9.84 Å². The third kappa shape index (κ3) is 4.36. The third-order valence-corrected chi connectivity index (χ3v) is 3.88. The maximum Gasteiger partial charge on any atom is 0.340 e. The summed E-state index contributed by atoms with van der Waals surface area (Å²) in [4.78, 5) is 4.26. The Morgan fingerprint density at radius 1 is 1.00 bits per heavy atom. The van der Waals surface area contributed by atoms with Crippen molar-refractivity contribution in [2.24, 2.45) is 4.99 Å². The van der Waals surface area contributed by atoms with Gasteiger partial charge in [0.25, 0.3) is 0 Å². The second-order valence-corrected chi connectivity index (χ2v) is 5.82. The second kappa shape index (κ2) is 7.65. The van der Waals surface area contributed by atoms with Gasteiger partial charge in [-0.15, -0.1) is 0 Å². The van der Waals surface area contributed by atoms with Crippen LogP contribution in [0.25, 0.3) is 10.8 Å². The largest absolute Gasteiger partial charge is 0.507 e. The van der Waals surface area contributed by atoms with Crippen molar-refractivity contribution < 1.29 is 27.4 Å². The SMILES string of the molecule is Oc1ccc2ccccc2c1C=Nc1ccc(OCC(F)(F)C(F)F)cc1. The van der Waals surface area contributed by atoms with Crippen LogP contribution in [-0.4, -0.2) is 30.3 Å². The van der Waals surface area contributed by atoms with E-state index in [0.717, 1.165) is 10.8 Å². The monoisotopic (exact) mass is 377 g/mol. The normalized spacial score (nSPS) is 12.2. The number of nitrogens with zero attached hydrogens (tertiary/aromatic N) is 1. The maximum atomic E-state index is 12.9. The van der Waals surface area contributed by atoms with Gasteiger partial charge >= 0.3 is 12.3 Å². The van der Waals surface area contributed by atoms with Gasteiger partial charge in [-0.2, -0.15) is 8.78 Å². The fraction of sp³-hybridized carbons (Fsp3) is 0.150. The summed E-state index contributed by atoms with van der Waals surface area (Å²) in [5.74, 6) is -4.10. The average molecular weight is 377 g/mol. The number of halogens is 4. The molecular weight excluding hydrogens is 362 g/mol. The number of alkyl halides is 4. The number of fused-ring (bicyclic) bond motifs is 1. The molecular formula is C20H15F4NO2. The van der Waals surface area contributed by atoms with Crippen LogP contribution < -0.4 is 4.74 Å². The summed E-state index contributed by atoms with van der Waals surface area (Å²) in [7, 11) is 0. The lowest BCUT2D eigenvalue weighted by molar-refractivity contribution is -0.148. The van der Waals surface area contributed by atoms with Gasteiger partial charge in [-0.1, -0.05) is 30.3 Å². The maximum absolute atomic E-state index is 12.9. The minimum Gasteiger partial charge on any atom is -0.507 e. The Kier molecular flexibility index (Phi) is 5.30. The number of hydrogen-bond acceptors (Lipinski definition) is 3. The van der Waals surface area contributed by atoms with Crippen LogP contribution in [0, 0.1) is 0 Å². The summed E-state index contributed by atoms with van der Waals surface area (Å²) in [5, 5.41) is 11.9. The second-order valence-electron chi connectivity index (χ2n) is 5.82. The summed E-state index contributed by atoms with van der Waals surface area (Å²) in [5.41, 5.74) is 1.03. The molecule has 0 heterocycles. The molecule has 0 saturated carbocycles. The molecule has 0 spiro atoms. The highest BCUT2D eigenvalue weighted by Gasteiger charge is 2.41. The van der Waals surface area contributed by atoms with Gasteiger partial charge in [0, 0.05) is 11.8 Å². The first-order valence-electron chi connectivity index (χ1n) is 8.00. The van der Waals surface area contributed by atoms with Crippen molar-refractivity contribution in [1.82, 2.24) is 0 Å². The van der Waals surface area contributed by atoms with E-state index >= 15 is 0 Å². The minimum absolute atomic E-state index is 0.0299. The zero-order valence-electron chi connectivity index (χ0n) is 13.9. The zero-order valence-corrected chi connectivity index (χ0v) is 13.9. The molecule has 0 aliphatic rings. The van der Waals surface area contributed by atoms with E-state index in [1.807, 2.05) is 24.3 Å². The quantitative estimate of drug-likeness (QED) is 0.450. The first-order chi connectivity index (χ1) is 12.9. The Bertz CT molecular complexity index is 956. The van der Waals surface area contributed by atoms with Crippen molar-refractivity contribution in [3.63, 3.8) is 0 Å². The predicted octanol–water partition coefficient (Wildman–Crippen LogP) is 5.58. The zero-order chi connectivity index (χ0) is 19.4. The lowest BCUT2D eigenvalue weighted by Gasteiger charge is -2.15. The summed E-state index contributed by atoms with van der Waals surface area (Å²) >= 11 is 0. The van der Waals surface area contributed by atoms with E-state index in [1.54, 1.807) is 12.1 Å². The van der Waals surface area contributed by atoms with Gasteiger partial charge in [-0.25, -0.2) is 8.78 Å². The van der Waals surface area contributed by atoms with Gasteiger partial charge in [-0.05, 0) is 41.1 Å². The first-order valence-corrected chi connectivity index (χ1v) is 8.00. The minimum atomic E-state index is -4.21. The number of benzene rings is 3. The molecule has 3 aromatic carbocycles. The molecule has 0 bridgehead atoms. The van der Waals surface area contributed by atoms with Crippen LogP contribution in [0.4, 0.5) is 23.2 Å². The van der Waals surface area contributed by atoms with E-state index in [1.165, 1.54) is 30.5 Å². The summed E-state index contributed by atoms with van der Waals surface area (Å²) in [6, 6.07) is 16.6. The number of aliphatic imine (C=N–C) groups is 1. The van der Waals surface area contributed by atoms with E-state index in [2.05, 4.69) is 4.99 Å². The van der Waals surface area contributed by atoms with Crippen molar-refractivity contribution >= 4 is 22.7 Å². The van der Waals surface area contributed by atoms with Gasteiger partial charge in [-0.3, -0.25) is 4.99 Å². The first kappa shape index (κ1) is 18.7. The lowest BCUT2D eigenvalue weighted by Crippen LogP contribution is -2.33. The van der Waals surface area contributed by atoms with E-state index in [0.29, 0.717) is 11.3 Å². The molecule has 0 amide bonds. The van der Waals surface area contributed by atoms with Crippen molar-refractivity contribution in [2.75, 3.05) is 6.61 Å². The summed E-state index contributed by atoms with van der Waals surface area (Å²) in [6.07, 6.45) is -2.28. The Morgan fingerprint density at radius 2 is 1.70 bits per heavy atom. The summed E-state index contributed by atoms with van der Waals surface area (Å²) in [6.45, 7) is -1.41. The van der Waals surface area contributed by atoms with Gasteiger partial charge in [0.2, 0.25) is 0 Å². The van der Waals surface area contributed by atoms with Crippen LogP contribution in [0.3, 0.4) is 0 Å². The Balaban J connectivity index is 1.75. The number of phenolic OH excluding ortho intramolecular Hbond substituents is 1. The highest BCUT2D eigenvalue weighted by molar-refractivity contribution is 6.02. The molecule has 1 N–H and O–H groups in total.